The minimum atomic E-state index is 0.0713. The van der Waals surface area contributed by atoms with Crippen LogP contribution in [0.4, 0.5) is 5.69 Å². The number of carbonyl (C=O) groups is 1. The lowest BCUT2D eigenvalue weighted by molar-refractivity contribution is -0.118. The maximum Gasteiger partial charge on any atom is 0.238 e. The van der Waals surface area contributed by atoms with Crippen LogP contribution in [0.2, 0.25) is 0 Å². The van der Waals surface area contributed by atoms with Crippen molar-refractivity contribution in [3.63, 3.8) is 0 Å². The highest BCUT2D eigenvalue weighted by Crippen LogP contribution is 2.11. The number of hydrogen-bond acceptors (Lipinski definition) is 3. The zero-order valence-corrected chi connectivity index (χ0v) is 11.8. The molecule has 1 saturated heterocycles. The number of nitrogens with zero attached hydrogens (tertiary/aromatic N) is 1. The fourth-order valence-corrected chi connectivity index (χ4v) is 2.37. The molecule has 104 valence electrons. The largest absolute Gasteiger partial charge is 0.325 e. The Bertz CT molecular complexity index is 433. The van der Waals surface area contributed by atoms with Gasteiger partial charge in [-0.05, 0) is 31.0 Å². The Labute approximate surface area is 115 Å². The first-order chi connectivity index (χ1) is 9.19. The Morgan fingerprint density at radius 2 is 2.37 bits per heavy atom. The van der Waals surface area contributed by atoms with E-state index in [1.807, 2.05) is 18.2 Å². The lowest BCUT2D eigenvalue weighted by Crippen LogP contribution is -2.51. The van der Waals surface area contributed by atoms with Crippen molar-refractivity contribution in [3.05, 3.63) is 29.8 Å². The topological polar surface area (TPSA) is 44.4 Å². The number of amides is 1. The van der Waals surface area contributed by atoms with Gasteiger partial charge in [0.25, 0.3) is 0 Å². The molecular weight excluding hydrogens is 238 g/mol. The van der Waals surface area contributed by atoms with E-state index in [4.69, 9.17) is 0 Å². The minimum Gasteiger partial charge on any atom is -0.325 e. The van der Waals surface area contributed by atoms with Crippen molar-refractivity contribution in [3.8, 4) is 0 Å². The lowest BCUT2D eigenvalue weighted by Gasteiger charge is -2.33. The van der Waals surface area contributed by atoms with Gasteiger partial charge >= 0.3 is 0 Å². The molecule has 1 aliphatic rings. The molecule has 1 aromatic rings. The second-order valence-corrected chi connectivity index (χ2v) is 5.13. The molecule has 1 aromatic carbocycles. The summed E-state index contributed by atoms with van der Waals surface area (Å²) in [5, 5.41) is 6.31. The Balaban J connectivity index is 1.89. The molecule has 1 amide bonds. The molecule has 2 N–H and O–H groups in total. The SMILES string of the molecule is CCc1cccc(NC(=O)CN2CCNCC2C)c1. The number of aryl methyl sites for hydroxylation is 1. The van der Waals surface area contributed by atoms with Crippen molar-refractivity contribution in [2.45, 2.75) is 26.3 Å². The van der Waals surface area contributed by atoms with Gasteiger partial charge in [-0.2, -0.15) is 0 Å². The molecule has 0 radical (unpaired) electrons. The highest BCUT2D eigenvalue weighted by Gasteiger charge is 2.20. The summed E-state index contributed by atoms with van der Waals surface area (Å²) in [6.07, 6.45) is 0.985. The van der Waals surface area contributed by atoms with E-state index < -0.39 is 0 Å². The average Bonchev–Trinajstić information content (AvgIpc) is 2.41. The summed E-state index contributed by atoms with van der Waals surface area (Å²) in [6, 6.07) is 8.47. The second-order valence-electron chi connectivity index (χ2n) is 5.13. The van der Waals surface area contributed by atoms with Crippen molar-refractivity contribution >= 4 is 11.6 Å². The highest BCUT2D eigenvalue weighted by molar-refractivity contribution is 5.92. The van der Waals surface area contributed by atoms with Crippen LogP contribution in [-0.2, 0) is 11.2 Å². The molecule has 2 rings (SSSR count). The molecule has 1 aliphatic heterocycles. The van der Waals surface area contributed by atoms with E-state index in [0.717, 1.165) is 31.7 Å². The molecular formula is C15H23N3O. The van der Waals surface area contributed by atoms with Gasteiger partial charge in [0.2, 0.25) is 5.91 Å². The number of rotatable bonds is 4. The van der Waals surface area contributed by atoms with Crippen molar-refractivity contribution < 1.29 is 4.79 Å². The van der Waals surface area contributed by atoms with Gasteiger partial charge in [0.15, 0.2) is 0 Å². The van der Waals surface area contributed by atoms with Crippen LogP contribution in [0.1, 0.15) is 19.4 Å². The summed E-state index contributed by atoms with van der Waals surface area (Å²) in [4.78, 5) is 14.3. The summed E-state index contributed by atoms with van der Waals surface area (Å²) in [7, 11) is 0. The summed E-state index contributed by atoms with van der Waals surface area (Å²) >= 11 is 0. The van der Waals surface area contributed by atoms with E-state index in [2.05, 4.69) is 35.4 Å². The van der Waals surface area contributed by atoms with Crippen molar-refractivity contribution in [2.75, 3.05) is 31.5 Å². The number of anilines is 1. The van der Waals surface area contributed by atoms with Crippen LogP contribution in [0.5, 0.6) is 0 Å². The Morgan fingerprint density at radius 3 is 3.11 bits per heavy atom. The highest BCUT2D eigenvalue weighted by atomic mass is 16.2. The van der Waals surface area contributed by atoms with Crippen LogP contribution in [0.25, 0.3) is 0 Å². The van der Waals surface area contributed by atoms with E-state index in [1.165, 1.54) is 5.56 Å². The zero-order valence-electron chi connectivity index (χ0n) is 11.8. The van der Waals surface area contributed by atoms with Crippen LogP contribution in [0, 0.1) is 0 Å². The van der Waals surface area contributed by atoms with Crippen LogP contribution in [-0.4, -0.2) is 43.0 Å². The molecule has 0 aromatic heterocycles. The van der Waals surface area contributed by atoms with Gasteiger partial charge in [-0.25, -0.2) is 0 Å². The number of hydrogen-bond donors (Lipinski definition) is 2. The van der Waals surface area contributed by atoms with Crippen LogP contribution in [0.15, 0.2) is 24.3 Å². The summed E-state index contributed by atoms with van der Waals surface area (Å²) < 4.78 is 0. The standard InChI is InChI=1S/C15H23N3O/c1-3-13-5-4-6-14(9-13)17-15(19)11-18-8-7-16-10-12(18)2/h4-6,9,12,16H,3,7-8,10-11H2,1-2H3,(H,17,19). The van der Waals surface area contributed by atoms with Gasteiger partial charge in [-0.1, -0.05) is 19.1 Å². The van der Waals surface area contributed by atoms with E-state index in [0.29, 0.717) is 12.6 Å². The first-order valence-electron chi connectivity index (χ1n) is 7.02. The van der Waals surface area contributed by atoms with Crippen molar-refractivity contribution in [1.82, 2.24) is 10.2 Å². The average molecular weight is 261 g/mol. The lowest BCUT2D eigenvalue weighted by atomic mass is 10.1. The molecule has 0 bridgehead atoms. The van der Waals surface area contributed by atoms with E-state index in [-0.39, 0.29) is 5.91 Å². The Hall–Kier alpha value is -1.39. The minimum absolute atomic E-state index is 0.0713. The molecule has 0 spiro atoms. The predicted molar refractivity (Wildman–Crippen MR) is 78.4 cm³/mol. The smallest absolute Gasteiger partial charge is 0.238 e. The third kappa shape index (κ3) is 4.04. The third-order valence-electron chi connectivity index (χ3n) is 3.60. The maximum absolute atomic E-state index is 12.1. The van der Waals surface area contributed by atoms with Crippen molar-refractivity contribution in [2.24, 2.45) is 0 Å². The molecule has 4 heteroatoms. The van der Waals surface area contributed by atoms with Crippen molar-refractivity contribution in [1.29, 1.82) is 0 Å². The first kappa shape index (κ1) is 14.0. The number of carbonyl (C=O) groups excluding carboxylic acids is 1. The molecule has 1 atom stereocenters. The molecule has 0 saturated carbocycles. The first-order valence-corrected chi connectivity index (χ1v) is 7.02. The van der Waals surface area contributed by atoms with Gasteiger partial charge in [-0.15, -0.1) is 0 Å². The zero-order chi connectivity index (χ0) is 13.7. The molecule has 19 heavy (non-hydrogen) atoms. The van der Waals surface area contributed by atoms with Crippen LogP contribution >= 0.6 is 0 Å². The summed E-state index contributed by atoms with van der Waals surface area (Å²) in [5.74, 6) is 0.0713. The number of nitrogens with one attached hydrogen (secondary N) is 2. The fourth-order valence-electron chi connectivity index (χ4n) is 2.37. The van der Waals surface area contributed by atoms with Crippen LogP contribution in [0.3, 0.4) is 0 Å². The van der Waals surface area contributed by atoms with E-state index >= 15 is 0 Å². The fraction of sp³-hybridized carbons (Fsp3) is 0.533. The molecule has 1 heterocycles. The van der Waals surface area contributed by atoms with Crippen LogP contribution < -0.4 is 10.6 Å². The number of benzene rings is 1. The summed E-state index contributed by atoms with van der Waals surface area (Å²) in [5.41, 5.74) is 2.14. The van der Waals surface area contributed by atoms with Gasteiger partial charge < -0.3 is 10.6 Å². The molecule has 1 unspecified atom stereocenters. The van der Waals surface area contributed by atoms with E-state index in [9.17, 15) is 4.79 Å². The van der Waals surface area contributed by atoms with Gasteiger partial charge in [0.1, 0.15) is 0 Å². The predicted octanol–water partition coefficient (Wildman–Crippen LogP) is 1.48. The normalized spacial score (nSPS) is 20.2. The Kier molecular flexibility index (Phi) is 4.93. The van der Waals surface area contributed by atoms with Gasteiger partial charge in [-0.3, -0.25) is 9.69 Å². The summed E-state index contributed by atoms with van der Waals surface area (Å²) in [6.45, 7) is 7.59. The van der Waals surface area contributed by atoms with E-state index in [1.54, 1.807) is 0 Å². The van der Waals surface area contributed by atoms with Gasteiger partial charge in [0, 0.05) is 31.4 Å². The Morgan fingerprint density at radius 1 is 1.53 bits per heavy atom. The molecule has 4 nitrogen and oxygen atoms in total. The quantitative estimate of drug-likeness (QED) is 0.863. The second kappa shape index (κ2) is 6.68. The third-order valence-corrected chi connectivity index (χ3v) is 3.60. The maximum atomic E-state index is 12.1. The molecule has 0 aliphatic carbocycles. The van der Waals surface area contributed by atoms with Gasteiger partial charge in [0.05, 0.1) is 6.54 Å². The monoisotopic (exact) mass is 261 g/mol. The number of piperazine rings is 1. The molecule has 1 fully saturated rings.